The lowest BCUT2D eigenvalue weighted by molar-refractivity contribution is 0.288. The van der Waals surface area contributed by atoms with Crippen molar-refractivity contribution in [3.8, 4) is 17.5 Å². The number of anilines is 1. The number of nitrogens with one attached hydrogen (secondary N) is 1. The van der Waals surface area contributed by atoms with Gasteiger partial charge in [0.1, 0.15) is 6.07 Å². The molecule has 1 aromatic heterocycles. The fourth-order valence-corrected chi connectivity index (χ4v) is 5.25. The van der Waals surface area contributed by atoms with E-state index < -0.39 is 10.0 Å². The Kier molecular flexibility index (Phi) is 6.31. The second-order valence-electron chi connectivity index (χ2n) is 8.20. The van der Waals surface area contributed by atoms with E-state index in [0.29, 0.717) is 24.6 Å². The first-order chi connectivity index (χ1) is 15.4. The van der Waals surface area contributed by atoms with Gasteiger partial charge in [0, 0.05) is 18.7 Å². The summed E-state index contributed by atoms with van der Waals surface area (Å²) in [6.45, 7) is 5.21. The summed E-state index contributed by atoms with van der Waals surface area (Å²) in [4.78, 5) is 4.53. The number of nitrogens with zero attached hydrogens (tertiary/aromatic N) is 3. The highest BCUT2D eigenvalue weighted by molar-refractivity contribution is 7.89. The van der Waals surface area contributed by atoms with Gasteiger partial charge in [0.05, 0.1) is 10.9 Å². The number of piperidine rings is 1. The third kappa shape index (κ3) is 4.54. The Morgan fingerprint density at radius 3 is 2.41 bits per heavy atom. The Bertz CT molecular complexity index is 1210. The van der Waals surface area contributed by atoms with Gasteiger partial charge in [0.15, 0.2) is 0 Å². The van der Waals surface area contributed by atoms with Gasteiger partial charge in [-0.3, -0.25) is 0 Å². The standard InChI is InChI=1S/C24H26N4O3S/c1-17-12-14-28(15-13-17)32(29,30)21-10-8-20(9-11-21)23-27-22(16-25)24(31-23)26-18(2)19-6-4-3-5-7-19/h3-11,17-18,26H,12-15H2,1-2H3/t18-/m1/s1. The number of hydrogen-bond donors (Lipinski definition) is 1. The maximum atomic E-state index is 12.9. The molecule has 2 heterocycles. The van der Waals surface area contributed by atoms with Crippen LogP contribution in [0, 0.1) is 17.2 Å². The van der Waals surface area contributed by atoms with E-state index in [0.717, 1.165) is 18.4 Å². The molecule has 0 radical (unpaired) electrons. The number of rotatable bonds is 6. The van der Waals surface area contributed by atoms with Crippen LogP contribution in [-0.2, 0) is 10.0 Å². The van der Waals surface area contributed by atoms with E-state index in [1.54, 1.807) is 28.6 Å². The second-order valence-corrected chi connectivity index (χ2v) is 10.1. The summed E-state index contributed by atoms with van der Waals surface area (Å²) < 4.78 is 33.3. The van der Waals surface area contributed by atoms with E-state index in [4.69, 9.17) is 4.42 Å². The van der Waals surface area contributed by atoms with Crippen molar-refractivity contribution in [3.63, 3.8) is 0 Å². The Labute approximate surface area is 188 Å². The molecule has 8 heteroatoms. The summed E-state index contributed by atoms with van der Waals surface area (Å²) in [5.41, 5.74) is 1.81. The van der Waals surface area contributed by atoms with Gasteiger partial charge in [-0.2, -0.15) is 14.6 Å². The number of sulfonamides is 1. The van der Waals surface area contributed by atoms with E-state index in [1.807, 2.05) is 37.3 Å². The molecule has 1 fully saturated rings. The van der Waals surface area contributed by atoms with Gasteiger partial charge >= 0.3 is 0 Å². The molecule has 1 atom stereocenters. The lowest BCUT2D eigenvalue weighted by Crippen LogP contribution is -2.37. The first-order valence-electron chi connectivity index (χ1n) is 10.7. The van der Waals surface area contributed by atoms with Crippen LogP contribution >= 0.6 is 0 Å². The van der Waals surface area contributed by atoms with E-state index >= 15 is 0 Å². The number of nitriles is 1. The number of benzene rings is 2. The van der Waals surface area contributed by atoms with Crippen molar-refractivity contribution in [1.29, 1.82) is 5.26 Å². The van der Waals surface area contributed by atoms with Crippen molar-refractivity contribution < 1.29 is 12.8 Å². The largest absolute Gasteiger partial charge is 0.419 e. The first kappa shape index (κ1) is 22.1. The van der Waals surface area contributed by atoms with Crippen LogP contribution in [0.5, 0.6) is 0 Å². The van der Waals surface area contributed by atoms with Crippen molar-refractivity contribution in [1.82, 2.24) is 9.29 Å². The molecule has 1 saturated heterocycles. The van der Waals surface area contributed by atoms with Crippen molar-refractivity contribution in [3.05, 3.63) is 65.9 Å². The lowest BCUT2D eigenvalue weighted by atomic mass is 10.0. The minimum Gasteiger partial charge on any atom is -0.419 e. The fourth-order valence-electron chi connectivity index (χ4n) is 3.78. The zero-order chi connectivity index (χ0) is 22.7. The highest BCUT2D eigenvalue weighted by atomic mass is 32.2. The van der Waals surface area contributed by atoms with Crippen molar-refractivity contribution in [2.45, 2.75) is 37.6 Å². The maximum Gasteiger partial charge on any atom is 0.243 e. The van der Waals surface area contributed by atoms with Gasteiger partial charge in [0.2, 0.25) is 27.5 Å². The van der Waals surface area contributed by atoms with Gasteiger partial charge in [-0.1, -0.05) is 37.3 Å². The Morgan fingerprint density at radius 2 is 1.78 bits per heavy atom. The monoisotopic (exact) mass is 450 g/mol. The molecule has 32 heavy (non-hydrogen) atoms. The number of hydrogen-bond acceptors (Lipinski definition) is 6. The highest BCUT2D eigenvalue weighted by Crippen LogP contribution is 2.30. The van der Waals surface area contributed by atoms with Crippen molar-refractivity contribution in [2.24, 2.45) is 5.92 Å². The molecule has 0 amide bonds. The predicted octanol–water partition coefficient (Wildman–Crippen LogP) is 4.81. The second kappa shape index (κ2) is 9.15. The van der Waals surface area contributed by atoms with Crippen LogP contribution in [0.2, 0.25) is 0 Å². The van der Waals surface area contributed by atoms with Gasteiger partial charge in [-0.15, -0.1) is 0 Å². The summed E-state index contributed by atoms with van der Waals surface area (Å²) in [7, 11) is -3.52. The molecular formula is C24H26N4O3S. The Balaban J connectivity index is 1.54. The van der Waals surface area contributed by atoms with Crippen molar-refractivity contribution >= 4 is 15.9 Å². The Morgan fingerprint density at radius 1 is 1.12 bits per heavy atom. The summed E-state index contributed by atoms with van der Waals surface area (Å²) >= 11 is 0. The van der Waals surface area contributed by atoms with Crippen LogP contribution in [0.15, 0.2) is 63.9 Å². The van der Waals surface area contributed by atoms with Crippen LogP contribution in [0.4, 0.5) is 5.88 Å². The summed E-state index contributed by atoms with van der Waals surface area (Å²) in [6, 6.07) is 18.3. The molecular weight excluding hydrogens is 424 g/mol. The average Bonchev–Trinajstić information content (AvgIpc) is 3.23. The minimum atomic E-state index is -3.52. The summed E-state index contributed by atoms with van der Waals surface area (Å²) in [5.74, 6) is 1.11. The summed E-state index contributed by atoms with van der Waals surface area (Å²) in [5, 5.41) is 12.7. The first-order valence-corrected chi connectivity index (χ1v) is 12.2. The SMILES string of the molecule is CC1CCN(S(=O)(=O)c2ccc(-c3nc(C#N)c(N[C@H](C)c4ccccc4)o3)cc2)CC1. The predicted molar refractivity (Wildman–Crippen MR) is 122 cm³/mol. The molecule has 0 bridgehead atoms. The molecule has 1 aliphatic heterocycles. The van der Waals surface area contributed by atoms with Gasteiger partial charge in [-0.25, -0.2) is 8.42 Å². The van der Waals surface area contributed by atoms with Crippen LogP contribution in [0.1, 0.15) is 44.0 Å². The molecule has 1 N–H and O–H groups in total. The van der Waals surface area contributed by atoms with E-state index in [2.05, 4.69) is 23.3 Å². The van der Waals surface area contributed by atoms with Crippen molar-refractivity contribution in [2.75, 3.05) is 18.4 Å². The molecule has 7 nitrogen and oxygen atoms in total. The van der Waals surface area contributed by atoms with E-state index in [9.17, 15) is 13.7 Å². The zero-order valence-corrected chi connectivity index (χ0v) is 19.0. The van der Waals surface area contributed by atoms with Crippen LogP contribution in [0.3, 0.4) is 0 Å². The van der Waals surface area contributed by atoms with Gasteiger partial charge in [0.25, 0.3) is 0 Å². The quantitative estimate of drug-likeness (QED) is 0.579. The average molecular weight is 451 g/mol. The topological polar surface area (TPSA) is 99.2 Å². The minimum absolute atomic E-state index is 0.0797. The molecule has 0 spiro atoms. The number of oxazole rings is 1. The third-order valence-electron chi connectivity index (χ3n) is 5.86. The molecule has 1 aliphatic rings. The number of aromatic nitrogens is 1. The smallest absolute Gasteiger partial charge is 0.243 e. The van der Waals surface area contributed by atoms with Crippen LogP contribution < -0.4 is 5.32 Å². The Hall–Kier alpha value is -3.15. The maximum absolute atomic E-state index is 12.9. The molecule has 0 unspecified atom stereocenters. The highest BCUT2D eigenvalue weighted by Gasteiger charge is 2.28. The summed E-state index contributed by atoms with van der Waals surface area (Å²) in [6.07, 6.45) is 1.75. The van der Waals surface area contributed by atoms with E-state index in [-0.39, 0.29) is 28.4 Å². The van der Waals surface area contributed by atoms with Gasteiger partial charge in [-0.05, 0) is 55.5 Å². The molecule has 4 rings (SSSR count). The lowest BCUT2D eigenvalue weighted by Gasteiger charge is -2.29. The van der Waals surface area contributed by atoms with E-state index in [1.165, 1.54) is 0 Å². The van der Waals surface area contributed by atoms with Crippen LogP contribution in [-0.4, -0.2) is 30.8 Å². The molecule has 0 aliphatic carbocycles. The van der Waals surface area contributed by atoms with Crippen LogP contribution in [0.25, 0.3) is 11.5 Å². The normalized spacial score (nSPS) is 16.4. The molecule has 3 aromatic rings. The third-order valence-corrected chi connectivity index (χ3v) is 7.77. The fraction of sp³-hybridized carbons (Fsp3) is 0.333. The van der Waals surface area contributed by atoms with Gasteiger partial charge < -0.3 is 9.73 Å². The molecule has 2 aromatic carbocycles. The molecule has 0 saturated carbocycles. The zero-order valence-electron chi connectivity index (χ0n) is 18.2. The molecule has 166 valence electrons.